The molecule has 0 atom stereocenters. The SMILES string of the molecule is COc1ccc(OC)c(-c2coc3cc(OC)c(/C(C)=C/C(=O)NCCN4CCOCC4)cc23)c1. The summed E-state index contributed by atoms with van der Waals surface area (Å²) in [5.74, 6) is 1.91. The number of methoxy groups -OCH3 is 3. The molecular weight excluding hydrogens is 448 g/mol. The fraction of sp³-hybridized carbons (Fsp3) is 0.370. The molecule has 1 aromatic heterocycles. The maximum atomic E-state index is 12.6. The lowest BCUT2D eigenvalue weighted by atomic mass is 9.98. The molecule has 0 radical (unpaired) electrons. The van der Waals surface area contributed by atoms with Gasteiger partial charge in [0, 0.05) is 60.4 Å². The van der Waals surface area contributed by atoms with E-state index in [2.05, 4.69) is 10.2 Å². The largest absolute Gasteiger partial charge is 0.497 e. The minimum Gasteiger partial charge on any atom is -0.497 e. The van der Waals surface area contributed by atoms with Crippen LogP contribution in [0.15, 0.2) is 47.1 Å². The molecule has 1 saturated heterocycles. The number of allylic oxidation sites excluding steroid dienone is 1. The molecule has 35 heavy (non-hydrogen) atoms. The van der Waals surface area contributed by atoms with Crippen LogP contribution in [-0.2, 0) is 9.53 Å². The molecule has 0 spiro atoms. The number of nitrogens with zero attached hydrogens (tertiary/aromatic N) is 1. The lowest BCUT2D eigenvalue weighted by Crippen LogP contribution is -2.41. The highest BCUT2D eigenvalue weighted by molar-refractivity contribution is 6.01. The molecule has 1 N–H and O–H groups in total. The van der Waals surface area contributed by atoms with Crippen molar-refractivity contribution in [2.75, 3.05) is 60.7 Å². The van der Waals surface area contributed by atoms with E-state index in [0.717, 1.165) is 60.5 Å². The van der Waals surface area contributed by atoms with E-state index in [0.29, 0.717) is 29.4 Å². The van der Waals surface area contributed by atoms with Crippen molar-refractivity contribution in [1.29, 1.82) is 0 Å². The van der Waals surface area contributed by atoms with Gasteiger partial charge in [0.15, 0.2) is 0 Å². The smallest absolute Gasteiger partial charge is 0.244 e. The van der Waals surface area contributed by atoms with E-state index >= 15 is 0 Å². The summed E-state index contributed by atoms with van der Waals surface area (Å²) in [6.45, 7) is 6.56. The van der Waals surface area contributed by atoms with Gasteiger partial charge in [-0.2, -0.15) is 0 Å². The lowest BCUT2D eigenvalue weighted by Gasteiger charge is -2.26. The summed E-state index contributed by atoms with van der Waals surface area (Å²) in [7, 11) is 4.87. The number of hydrogen-bond acceptors (Lipinski definition) is 7. The third-order valence-corrected chi connectivity index (χ3v) is 6.20. The van der Waals surface area contributed by atoms with Crippen LogP contribution in [0.4, 0.5) is 0 Å². The summed E-state index contributed by atoms with van der Waals surface area (Å²) in [5, 5.41) is 3.86. The van der Waals surface area contributed by atoms with Crippen LogP contribution >= 0.6 is 0 Å². The van der Waals surface area contributed by atoms with E-state index in [4.69, 9.17) is 23.4 Å². The highest BCUT2D eigenvalue weighted by Gasteiger charge is 2.18. The van der Waals surface area contributed by atoms with Crippen molar-refractivity contribution < 1.29 is 28.2 Å². The highest BCUT2D eigenvalue weighted by Crippen LogP contribution is 2.41. The first-order chi connectivity index (χ1) is 17.0. The molecule has 0 unspecified atom stereocenters. The Balaban J connectivity index is 1.60. The molecule has 1 amide bonds. The van der Waals surface area contributed by atoms with E-state index < -0.39 is 0 Å². The number of rotatable bonds is 9. The van der Waals surface area contributed by atoms with Crippen molar-refractivity contribution in [3.05, 3.63) is 48.2 Å². The van der Waals surface area contributed by atoms with E-state index in [1.165, 1.54) is 0 Å². The highest BCUT2D eigenvalue weighted by atomic mass is 16.5. The number of furan rings is 1. The van der Waals surface area contributed by atoms with Gasteiger partial charge in [-0.05, 0) is 36.8 Å². The molecule has 8 nitrogen and oxygen atoms in total. The average molecular weight is 481 g/mol. The van der Waals surface area contributed by atoms with E-state index in [-0.39, 0.29) is 5.91 Å². The maximum Gasteiger partial charge on any atom is 0.244 e. The van der Waals surface area contributed by atoms with Crippen molar-refractivity contribution in [2.45, 2.75) is 6.92 Å². The maximum absolute atomic E-state index is 12.6. The topological polar surface area (TPSA) is 82.4 Å². The van der Waals surface area contributed by atoms with Crippen LogP contribution in [0, 0.1) is 0 Å². The first-order valence-electron chi connectivity index (χ1n) is 11.6. The molecule has 0 aliphatic carbocycles. The molecular formula is C27H32N2O6. The Bertz CT molecular complexity index is 1210. The van der Waals surface area contributed by atoms with Gasteiger partial charge in [-0.1, -0.05) is 0 Å². The summed E-state index contributed by atoms with van der Waals surface area (Å²) < 4.78 is 27.8. The van der Waals surface area contributed by atoms with Gasteiger partial charge in [0.1, 0.15) is 22.8 Å². The third kappa shape index (κ3) is 5.61. The molecule has 8 heteroatoms. The number of hydrogen-bond donors (Lipinski definition) is 1. The molecule has 1 fully saturated rings. The van der Waals surface area contributed by atoms with Gasteiger partial charge >= 0.3 is 0 Å². The molecule has 0 bridgehead atoms. The van der Waals surface area contributed by atoms with Gasteiger partial charge in [-0.15, -0.1) is 0 Å². The van der Waals surface area contributed by atoms with Gasteiger partial charge in [0.25, 0.3) is 0 Å². The Morgan fingerprint density at radius 3 is 2.51 bits per heavy atom. The zero-order chi connectivity index (χ0) is 24.8. The standard InChI is InChI=1S/C27H32N2O6/c1-18(13-27(30)28-7-8-29-9-11-34-12-10-29)20-15-22-23(17-35-26(22)16-25(20)33-4)21-14-19(31-2)5-6-24(21)32-3/h5-6,13-17H,7-12H2,1-4H3,(H,28,30)/b18-13+. The van der Waals surface area contributed by atoms with Crippen molar-refractivity contribution in [3.63, 3.8) is 0 Å². The predicted octanol–water partition coefficient (Wildman–Crippen LogP) is 3.98. The van der Waals surface area contributed by atoms with Crippen LogP contribution < -0.4 is 19.5 Å². The van der Waals surface area contributed by atoms with Crippen molar-refractivity contribution in [3.8, 4) is 28.4 Å². The second-order valence-corrected chi connectivity index (χ2v) is 8.34. The van der Waals surface area contributed by atoms with Gasteiger partial charge in [-0.25, -0.2) is 0 Å². The third-order valence-electron chi connectivity index (χ3n) is 6.20. The van der Waals surface area contributed by atoms with Gasteiger partial charge in [0.05, 0.1) is 40.8 Å². The summed E-state index contributed by atoms with van der Waals surface area (Å²) in [5.41, 5.74) is 3.99. The summed E-state index contributed by atoms with van der Waals surface area (Å²) in [6, 6.07) is 9.46. The van der Waals surface area contributed by atoms with Crippen LogP contribution in [-0.4, -0.2) is 71.5 Å². The molecule has 4 rings (SSSR count). The minimum atomic E-state index is -0.139. The van der Waals surface area contributed by atoms with Gasteiger partial charge < -0.3 is 28.7 Å². The second-order valence-electron chi connectivity index (χ2n) is 8.34. The molecule has 3 aromatic rings. The molecule has 186 valence electrons. The number of benzene rings is 2. The van der Waals surface area contributed by atoms with E-state index in [1.807, 2.05) is 37.3 Å². The van der Waals surface area contributed by atoms with Crippen LogP contribution in [0.5, 0.6) is 17.2 Å². The van der Waals surface area contributed by atoms with Crippen molar-refractivity contribution >= 4 is 22.4 Å². The van der Waals surface area contributed by atoms with Crippen molar-refractivity contribution in [1.82, 2.24) is 10.2 Å². The zero-order valence-corrected chi connectivity index (χ0v) is 20.7. The number of morpholine rings is 1. The monoisotopic (exact) mass is 480 g/mol. The quantitative estimate of drug-likeness (QED) is 0.464. The number of carbonyl (C=O) groups excluding carboxylic acids is 1. The molecule has 0 saturated carbocycles. The summed E-state index contributed by atoms with van der Waals surface area (Å²) in [6.07, 6.45) is 3.30. The molecule has 2 heterocycles. The summed E-state index contributed by atoms with van der Waals surface area (Å²) in [4.78, 5) is 14.9. The first-order valence-corrected chi connectivity index (χ1v) is 11.6. The van der Waals surface area contributed by atoms with Crippen LogP contribution in [0.1, 0.15) is 12.5 Å². The average Bonchev–Trinajstić information content (AvgIpc) is 3.30. The van der Waals surface area contributed by atoms with Crippen LogP contribution in [0.3, 0.4) is 0 Å². The molecule has 2 aromatic carbocycles. The van der Waals surface area contributed by atoms with Crippen LogP contribution in [0.2, 0.25) is 0 Å². The Hall–Kier alpha value is -3.49. The number of nitrogens with one attached hydrogen (secondary N) is 1. The molecule has 1 aliphatic heterocycles. The Kier molecular flexibility index (Phi) is 7.94. The fourth-order valence-electron chi connectivity index (χ4n) is 4.25. The minimum absolute atomic E-state index is 0.139. The predicted molar refractivity (Wildman–Crippen MR) is 135 cm³/mol. The summed E-state index contributed by atoms with van der Waals surface area (Å²) >= 11 is 0. The van der Waals surface area contributed by atoms with E-state index in [9.17, 15) is 4.79 Å². The Morgan fingerprint density at radius 1 is 1.03 bits per heavy atom. The molecule has 1 aliphatic rings. The van der Waals surface area contributed by atoms with Gasteiger partial charge in [0.2, 0.25) is 5.91 Å². The fourth-order valence-corrected chi connectivity index (χ4v) is 4.25. The van der Waals surface area contributed by atoms with Crippen LogP contribution in [0.25, 0.3) is 27.7 Å². The zero-order valence-electron chi connectivity index (χ0n) is 20.7. The Labute approximate surface area is 205 Å². The Morgan fingerprint density at radius 2 is 1.80 bits per heavy atom. The van der Waals surface area contributed by atoms with E-state index in [1.54, 1.807) is 33.7 Å². The number of carbonyl (C=O) groups is 1. The lowest BCUT2D eigenvalue weighted by molar-refractivity contribution is -0.116. The second kappa shape index (κ2) is 11.3. The number of fused-ring (bicyclic) bond motifs is 1. The number of amides is 1. The van der Waals surface area contributed by atoms with Crippen molar-refractivity contribution in [2.24, 2.45) is 0 Å². The van der Waals surface area contributed by atoms with Gasteiger partial charge in [-0.3, -0.25) is 9.69 Å². The number of ether oxygens (including phenoxy) is 4. The normalized spacial score (nSPS) is 14.7. The first kappa shape index (κ1) is 24.6.